The molecule has 0 saturated carbocycles. The summed E-state index contributed by atoms with van der Waals surface area (Å²) in [7, 11) is 3.41. The summed E-state index contributed by atoms with van der Waals surface area (Å²) in [5.41, 5.74) is 7.02. The van der Waals surface area contributed by atoms with Gasteiger partial charge in [0, 0.05) is 41.9 Å². The van der Waals surface area contributed by atoms with Crippen molar-refractivity contribution in [2.24, 2.45) is 0 Å². The number of rotatable bonds is 7. The molecule has 2 aromatic carbocycles. The molecule has 2 saturated heterocycles. The number of likely N-dealkylation sites (tertiary alicyclic amines) is 2. The number of nitrogens with zero attached hydrogens (tertiary/aromatic N) is 4. The number of hydrogen-bond donors (Lipinski definition) is 4. The van der Waals surface area contributed by atoms with Crippen LogP contribution in [-0.4, -0.2) is 107 Å². The Morgan fingerprint density at radius 2 is 1.25 bits per heavy atom. The molecular formula is C44H58N8O5S2. The van der Waals surface area contributed by atoms with Crippen LogP contribution in [0, 0.1) is 0 Å². The Balaban J connectivity index is 0.000000222. The van der Waals surface area contributed by atoms with Crippen LogP contribution in [-0.2, 0) is 19.1 Å². The van der Waals surface area contributed by atoms with Crippen molar-refractivity contribution in [3.05, 3.63) is 96.5 Å². The van der Waals surface area contributed by atoms with Crippen LogP contribution in [0.2, 0.25) is 0 Å². The van der Waals surface area contributed by atoms with Crippen molar-refractivity contribution in [1.82, 2.24) is 40.4 Å². The minimum Gasteiger partial charge on any atom is -0.453 e. The van der Waals surface area contributed by atoms with Gasteiger partial charge in [0.15, 0.2) is 0 Å². The molecule has 4 N–H and O–H groups in total. The van der Waals surface area contributed by atoms with Gasteiger partial charge in [-0.05, 0) is 56.9 Å². The van der Waals surface area contributed by atoms with Gasteiger partial charge in [0.25, 0.3) is 0 Å². The summed E-state index contributed by atoms with van der Waals surface area (Å²) in [5, 5.41) is 9.09. The molecule has 2 aliphatic heterocycles. The number of methoxy groups -OCH3 is 1. The van der Waals surface area contributed by atoms with Crippen molar-refractivity contribution in [1.29, 1.82) is 0 Å². The predicted octanol–water partition coefficient (Wildman–Crippen LogP) is 8.51. The smallest absolute Gasteiger partial charge is 0.407 e. The molecule has 4 aromatic heterocycles. The van der Waals surface area contributed by atoms with E-state index < -0.39 is 6.09 Å². The average Bonchev–Trinajstić information content (AvgIpc) is 4.12. The Hall–Kier alpha value is -5.64. The maximum atomic E-state index is 11.3. The van der Waals surface area contributed by atoms with E-state index in [1.54, 1.807) is 40.2 Å². The molecule has 8 rings (SSSR count). The Morgan fingerprint density at radius 3 is 1.71 bits per heavy atom. The minimum atomic E-state index is -0.586. The van der Waals surface area contributed by atoms with Crippen LogP contribution in [0.4, 0.5) is 4.79 Å². The number of amides is 3. The molecule has 0 atom stereocenters. The monoisotopic (exact) mass is 842 g/mol. The number of thiophene rings is 2. The van der Waals surface area contributed by atoms with E-state index >= 15 is 0 Å². The molecule has 0 aliphatic carbocycles. The van der Waals surface area contributed by atoms with Gasteiger partial charge < -0.3 is 39.9 Å². The SMILES string of the molecule is CC(=O)NCC(=O)N1CCCC1.CCC.CN1CCCC1.COC(=O)NCC=O.c1ccccc1.c1ncc(-c2ccc(-c3csc4c(-c5cnc[nH]5)csc34)cc2)[nH]1. The third kappa shape index (κ3) is 17.4. The molecule has 0 unspecified atom stereocenters. The van der Waals surface area contributed by atoms with Crippen molar-refractivity contribution in [2.75, 3.05) is 53.4 Å². The van der Waals surface area contributed by atoms with Gasteiger partial charge in [-0.1, -0.05) is 80.9 Å². The Morgan fingerprint density at radius 1 is 0.763 bits per heavy atom. The summed E-state index contributed by atoms with van der Waals surface area (Å²) in [6.45, 7) is 10.1. The van der Waals surface area contributed by atoms with Gasteiger partial charge in [0.05, 0.1) is 66.0 Å². The van der Waals surface area contributed by atoms with E-state index in [2.05, 4.69) is 96.1 Å². The number of carbonyl (C=O) groups is 4. The third-order valence-corrected chi connectivity index (χ3v) is 10.7. The summed E-state index contributed by atoms with van der Waals surface area (Å²) < 4.78 is 6.79. The maximum Gasteiger partial charge on any atom is 0.407 e. The molecule has 0 spiro atoms. The first kappa shape index (κ1) is 47.7. The lowest BCUT2D eigenvalue weighted by Gasteiger charge is -2.14. The highest BCUT2D eigenvalue weighted by Gasteiger charge is 2.17. The molecular weight excluding hydrogens is 785 g/mol. The zero-order valence-electron chi connectivity index (χ0n) is 34.7. The normalized spacial score (nSPS) is 12.7. The van der Waals surface area contributed by atoms with Crippen LogP contribution in [0.15, 0.2) is 96.5 Å². The number of carbonyl (C=O) groups excluding carboxylic acids is 4. The fourth-order valence-corrected chi connectivity index (χ4v) is 8.03. The molecule has 2 fully saturated rings. The lowest BCUT2D eigenvalue weighted by Crippen LogP contribution is -2.37. The number of aromatic nitrogens is 4. The van der Waals surface area contributed by atoms with Gasteiger partial charge in [-0.3, -0.25) is 9.59 Å². The van der Waals surface area contributed by atoms with E-state index in [0.29, 0.717) is 6.29 Å². The van der Waals surface area contributed by atoms with E-state index in [-0.39, 0.29) is 24.9 Å². The fourth-order valence-electron chi connectivity index (χ4n) is 5.59. The number of H-pyrrole nitrogens is 2. The molecule has 15 heteroatoms. The lowest BCUT2D eigenvalue weighted by atomic mass is 10.1. The molecule has 13 nitrogen and oxygen atoms in total. The Bertz CT molecular complexity index is 1990. The zero-order valence-corrected chi connectivity index (χ0v) is 36.4. The number of fused-ring (bicyclic) bond motifs is 1. The lowest BCUT2D eigenvalue weighted by molar-refractivity contribution is -0.131. The molecule has 6 heterocycles. The molecule has 0 radical (unpaired) electrons. The second-order valence-electron chi connectivity index (χ2n) is 13.4. The number of benzene rings is 2. The van der Waals surface area contributed by atoms with Crippen molar-refractivity contribution in [2.45, 2.75) is 52.9 Å². The van der Waals surface area contributed by atoms with E-state index in [1.165, 1.54) is 72.5 Å². The number of nitrogens with one attached hydrogen (secondary N) is 4. The van der Waals surface area contributed by atoms with Crippen molar-refractivity contribution < 1.29 is 23.9 Å². The van der Waals surface area contributed by atoms with Crippen LogP contribution in [0.3, 0.4) is 0 Å². The van der Waals surface area contributed by atoms with Crippen LogP contribution in [0.25, 0.3) is 43.0 Å². The van der Waals surface area contributed by atoms with E-state index in [4.69, 9.17) is 0 Å². The standard InChI is InChI=1S/C18H12N4S2.C8H14N2O2.C6H6.C5H11N.C4H7NO3.C3H8/c1-3-12(15-5-19-9-21-15)4-2-11(1)13-7-23-18-14(8-24-17(13)18)16-6-20-10-22-16;1-7(11)9-6-8(12)10-4-2-3-5-10;1-2-4-6-5-3-1;1-6-4-2-3-5-6;1-8-4(7)5-2-3-6;1-3-2/h1-10H,(H,19,21)(H,20,22);2-6H2,1H3,(H,9,11);1-6H;2-5H2,1H3;3H,2H2,1H3,(H,5,7);3H2,1-2H3. The van der Waals surface area contributed by atoms with Crippen molar-refractivity contribution in [3.63, 3.8) is 0 Å². The topological polar surface area (TPSA) is 165 Å². The van der Waals surface area contributed by atoms with Gasteiger partial charge in [0.1, 0.15) is 6.29 Å². The predicted molar refractivity (Wildman–Crippen MR) is 240 cm³/mol. The Kier molecular flexibility index (Phi) is 22.6. The molecule has 0 bridgehead atoms. The molecule has 3 amide bonds. The van der Waals surface area contributed by atoms with Crippen LogP contribution < -0.4 is 10.6 Å². The molecule has 59 heavy (non-hydrogen) atoms. The number of alkyl carbamates (subject to hydrolysis) is 1. The minimum absolute atomic E-state index is 0.00662. The number of aromatic amines is 2. The number of hydrogen-bond acceptors (Lipinski definition) is 10. The first-order valence-corrected chi connectivity index (χ1v) is 21.5. The third-order valence-electron chi connectivity index (χ3n) is 8.54. The highest BCUT2D eigenvalue weighted by molar-refractivity contribution is 7.27. The maximum absolute atomic E-state index is 11.3. The number of imidazole rings is 2. The Labute approximate surface area is 355 Å². The first-order valence-electron chi connectivity index (χ1n) is 19.7. The molecule has 316 valence electrons. The van der Waals surface area contributed by atoms with Gasteiger partial charge in [0.2, 0.25) is 11.8 Å². The van der Waals surface area contributed by atoms with Crippen molar-refractivity contribution >= 4 is 56.3 Å². The summed E-state index contributed by atoms with van der Waals surface area (Å²) in [6, 6.07) is 20.6. The largest absolute Gasteiger partial charge is 0.453 e. The van der Waals surface area contributed by atoms with Gasteiger partial charge >= 0.3 is 6.09 Å². The highest BCUT2D eigenvalue weighted by Crippen LogP contribution is 2.43. The van der Waals surface area contributed by atoms with Crippen molar-refractivity contribution in [3.8, 4) is 33.6 Å². The fraction of sp³-hybridized carbons (Fsp3) is 0.364. The first-order chi connectivity index (χ1) is 28.7. The van der Waals surface area contributed by atoms with E-state index in [0.717, 1.165) is 42.9 Å². The number of aldehydes is 1. The van der Waals surface area contributed by atoms with Crippen LogP contribution in [0.1, 0.15) is 52.9 Å². The number of ether oxygens (including phenoxy) is 1. The molecule has 6 aromatic rings. The second kappa shape index (κ2) is 27.9. The average molecular weight is 843 g/mol. The summed E-state index contributed by atoms with van der Waals surface area (Å²) >= 11 is 3.58. The van der Waals surface area contributed by atoms with E-state index in [9.17, 15) is 19.2 Å². The van der Waals surface area contributed by atoms with Crippen LogP contribution in [0.5, 0.6) is 0 Å². The summed E-state index contributed by atoms with van der Waals surface area (Å²) in [4.78, 5) is 60.1. The highest BCUT2D eigenvalue weighted by atomic mass is 32.1. The van der Waals surface area contributed by atoms with Crippen LogP contribution >= 0.6 is 22.7 Å². The quantitative estimate of drug-likeness (QED) is 0.116. The van der Waals surface area contributed by atoms with Gasteiger partial charge in [-0.2, -0.15) is 0 Å². The zero-order chi connectivity index (χ0) is 42.7. The van der Waals surface area contributed by atoms with E-state index in [1.807, 2.05) is 48.8 Å². The summed E-state index contributed by atoms with van der Waals surface area (Å²) in [5.74, 6) is -0.120. The van der Waals surface area contributed by atoms with Gasteiger partial charge in [-0.15, -0.1) is 22.7 Å². The summed E-state index contributed by atoms with van der Waals surface area (Å²) in [6.07, 6.45) is 13.4. The molecule has 2 aliphatic rings. The second-order valence-corrected chi connectivity index (χ2v) is 15.1. The van der Waals surface area contributed by atoms with Gasteiger partial charge in [-0.25, -0.2) is 14.8 Å².